The minimum absolute atomic E-state index is 0.0351. The van der Waals surface area contributed by atoms with Crippen LogP contribution in [0.25, 0.3) is 0 Å². The van der Waals surface area contributed by atoms with E-state index < -0.39 is 15.8 Å². The van der Waals surface area contributed by atoms with Crippen molar-refractivity contribution in [2.24, 2.45) is 5.92 Å². The topological polar surface area (TPSA) is 60.4 Å². The Labute approximate surface area is 91.9 Å². The quantitative estimate of drug-likeness (QED) is 0.627. The van der Waals surface area contributed by atoms with Gasteiger partial charge < -0.3 is 4.74 Å². The first-order valence-electron chi connectivity index (χ1n) is 5.27. The van der Waals surface area contributed by atoms with Crippen LogP contribution in [0.15, 0.2) is 0 Å². The molecule has 0 aromatic heterocycles. The maximum atomic E-state index is 11.5. The molecule has 0 rings (SSSR count). The summed E-state index contributed by atoms with van der Waals surface area (Å²) in [6, 6.07) is 0. The molecule has 1 atom stereocenters. The molecule has 5 heteroatoms. The van der Waals surface area contributed by atoms with E-state index in [1.165, 1.54) is 0 Å². The number of ether oxygens (including phenoxy) is 1. The predicted octanol–water partition coefficient (Wildman–Crippen LogP) is 1.40. The van der Waals surface area contributed by atoms with Crippen LogP contribution >= 0.6 is 0 Å². The molecule has 0 aromatic carbocycles. The van der Waals surface area contributed by atoms with Gasteiger partial charge in [-0.2, -0.15) is 0 Å². The summed E-state index contributed by atoms with van der Waals surface area (Å²) >= 11 is 0. The summed E-state index contributed by atoms with van der Waals surface area (Å²) in [6.45, 7) is 5.84. The summed E-state index contributed by atoms with van der Waals surface area (Å²) in [4.78, 5) is 11.0. The first-order valence-corrected chi connectivity index (χ1v) is 7.09. The van der Waals surface area contributed by atoms with Gasteiger partial charge in [-0.15, -0.1) is 0 Å². The van der Waals surface area contributed by atoms with Crippen molar-refractivity contribution < 1.29 is 17.9 Å². The van der Waals surface area contributed by atoms with Crippen LogP contribution in [0.3, 0.4) is 0 Å². The maximum Gasteiger partial charge on any atom is 0.306 e. The SMILES string of the molecule is CCOC(=O)CCS(=O)(=O)CC(C)CC. The molecule has 0 aromatic rings. The third-order valence-electron chi connectivity index (χ3n) is 2.16. The van der Waals surface area contributed by atoms with E-state index in [2.05, 4.69) is 4.74 Å². The van der Waals surface area contributed by atoms with Crippen molar-refractivity contribution in [3.63, 3.8) is 0 Å². The zero-order chi connectivity index (χ0) is 11.9. The zero-order valence-electron chi connectivity index (χ0n) is 9.65. The fourth-order valence-corrected chi connectivity index (χ4v) is 2.85. The second-order valence-corrected chi connectivity index (χ2v) is 5.91. The third-order valence-corrected chi connectivity index (χ3v) is 4.06. The van der Waals surface area contributed by atoms with Gasteiger partial charge in [-0.3, -0.25) is 4.79 Å². The smallest absolute Gasteiger partial charge is 0.306 e. The Morgan fingerprint density at radius 3 is 2.40 bits per heavy atom. The highest BCUT2D eigenvalue weighted by atomic mass is 32.2. The van der Waals surface area contributed by atoms with Gasteiger partial charge in [-0.1, -0.05) is 20.3 Å². The molecule has 0 fully saturated rings. The van der Waals surface area contributed by atoms with Gasteiger partial charge in [0, 0.05) is 0 Å². The Balaban J connectivity index is 3.99. The molecule has 90 valence electrons. The fraction of sp³-hybridized carbons (Fsp3) is 0.900. The van der Waals surface area contributed by atoms with E-state index >= 15 is 0 Å². The van der Waals surface area contributed by atoms with Gasteiger partial charge >= 0.3 is 5.97 Å². The largest absolute Gasteiger partial charge is 0.466 e. The van der Waals surface area contributed by atoms with Crippen LogP contribution in [-0.2, 0) is 19.4 Å². The van der Waals surface area contributed by atoms with Crippen molar-refractivity contribution >= 4 is 15.8 Å². The van der Waals surface area contributed by atoms with Crippen LogP contribution in [0.2, 0.25) is 0 Å². The second kappa shape index (κ2) is 6.82. The molecule has 0 bridgehead atoms. The van der Waals surface area contributed by atoms with Gasteiger partial charge in [-0.25, -0.2) is 8.42 Å². The van der Waals surface area contributed by atoms with E-state index in [4.69, 9.17) is 0 Å². The molecule has 0 N–H and O–H groups in total. The summed E-state index contributed by atoms with van der Waals surface area (Å²) in [5.74, 6) is -0.235. The molecule has 0 spiro atoms. The van der Waals surface area contributed by atoms with E-state index in [9.17, 15) is 13.2 Å². The Hall–Kier alpha value is -0.580. The lowest BCUT2D eigenvalue weighted by Crippen LogP contribution is -2.19. The fourth-order valence-electron chi connectivity index (χ4n) is 1.11. The van der Waals surface area contributed by atoms with E-state index in [1.54, 1.807) is 6.92 Å². The first-order chi connectivity index (χ1) is 6.91. The molecule has 4 nitrogen and oxygen atoms in total. The normalized spacial score (nSPS) is 13.5. The summed E-state index contributed by atoms with van der Waals surface area (Å²) in [5, 5.41) is 0. The van der Waals surface area contributed by atoms with Gasteiger partial charge in [0.2, 0.25) is 0 Å². The molecular weight excluding hydrogens is 216 g/mol. The molecular formula is C10H20O4S. The zero-order valence-corrected chi connectivity index (χ0v) is 10.5. The summed E-state index contributed by atoms with van der Waals surface area (Å²) in [6.07, 6.45) is 0.797. The van der Waals surface area contributed by atoms with Crippen molar-refractivity contribution in [1.29, 1.82) is 0 Å². The van der Waals surface area contributed by atoms with Crippen LogP contribution < -0.4 is 0 Å². The lowest BCUT2D eigenvalue weighted by atomic mass is 10.2. The van der Waals surface area contributed by atoms with Crippen molar-refractivity contribution in [3.05, 3.63) is 0 Å². The number of sulfone groups is 1. The summed E-state index contributed by atoms with van der Waals surface area (Å²) < 4.78 is 27.7. The second-order valence-electron chi connectivity index (χ2n) is 3.68. The molecule has 0 saturated carbocycles. The molecule has 0 aliphatic carbocycles. The summed E-state index contributed by atoms with van der Waals surface area (Å²) in [7, 11) is -3.11. The highest BCUT2D eigenvalue weighted by Crippen LogP contribution is 2.07. The lowest BCUT2D eigenvalue weighted by molar-refractivity contribution is -0.142. The third kappa shape index (κ3) is 7.36. The minimum Gasteiger partial charge on any atom is -0.466 e. The van der Waals surface area contributed by atoms with E-state index in [0.29, 0.717) is 6.61 Å². The van der Waals surface area contributed by atoms with E-state index in [-0.39, 0.29) is 23.8 Å². The van der Waals surface area contributed by atoms with Crippen LogP contribution in [0.1, 0.15) is 33.6 Å². The number of hydrogen-bond acceptors (Lipinski definition) is 4. The minimum atomic E-state index is -3.11. The van der Waals surface area contributed by atoms with Gasteiger partial charge in [0.05, 0.1) is 24.5 Å². The highest BCUT2D eigenvalue weighted by molar-refractivity contribution is 7.91. The molecule has 0 amide bonds. The standard InChI is InChI=1S/C10H20O4S/c1-4-9(3)8-15(12,13)7-6-10(11)14-5-2/h9H,4-8H2,1-3H3. The van der Waals surface area contributed by atoms with Gasteiger partial charge in [0.1, 0.15) is 0 Å². The monoisotopic (exact) mass is 236 g/mol. The molecule has 0 aliphatic heterocycles. The van der Waals surface area contributed by atoms with Gasteiger partial charge in [-0.05, 0) is 12.8 Å². The predicted molar refractivity (Wildman–Crippen MR) is 59.4 cm³/mol. The molecule has 0 radical (unpaired) electrons. The van der Waals surface area contributed by atoms with Gasteiger partial charge in [0.25, 0.3) is 0 Å². The molecule has 0 saturated heterocycles. The number of esters is 1. The Morgan fingerprint density at radius 1 is 1.33 bits per heavy atom. The molecule has 1 unspecified atom stereocenters. The number of carbonyl (C=O) groups is 1. The number of rotatable bonds is 7. The van der Waals surface area contributed by atoms with Crippen molar-refractivity contribution in [3.8, 4) is 0 Å². The van der Waals surface area contributed by atoms with Crippen molar-refractivity contribution in [1.82, 2.24) is 0 Å². The van der Waals surface area contributed by atoms with Crippen molar-refractivity contribution in [2.45, 2.75) is 33.6 Å². The first kappa shape index (κ1) is 14.4. The van der Waals surface area contributed by atoms with Crippen LogP contribution in [0, 0.1) is 5.92 Å². The lowest BCUT2D eigenvalue weighted by Gasteiger charge is -2.08. The van der Waals surface area contributed by atoms with Gasteiger partial charge in [0.15, 0.2) is 9.84 Å². The molecule has 15 heavy (non-hydrogen) atoms. The average molecular weight is 236 g/mol. The number of carbonyl (C=O) groups excluding carboxylic acids is 1. The Kier molecular flexibility index (Phi) is 6.56. The molecule has 0 heterocycles. The van der Waals surface area contributed by atoms with E-state index in [1.807, 2.05) is 13.8 Å². The average Bonchev–Trinajstić information content (AvgIpc) is 2.15. The maximum absolute atomic E-state index is 11.5. The van der Waals surface area contributed by atoms with Crippen LogP contribution in [0.4, 0.5) is 0 Å². The highest BCUT2D eigenvalue weighted by Gasteiger charge is 2.16. The Bertz CT molecular complexity index is 282. The Morgan fingerprint density at radius 2 is 1.93 bits per heavy atom. The van der Waals surface area contributed by atoms with Crippen molar-refractivity contribution in [2.75, 3.05) is 18.1 Å². The summed E-state index contributed by atoms with van der Waals surface area (Å²) in [5.41, 5.74) is 0. The molecule has 0 aliphatic rings. The van der Waals surface area contributed by atoms with Crippen LogP contribution in [0.5, 0.6) is 0 Å². The van der Waals surface area contributed by atoms with E-state index in [0.717, 1.165) is 6.42 Å². The van der Waals surface area contributed by atoms with Crippen LogP contribution in [-0.4, -0.2) is 32.5 Å². The number of hydrogen-bond donors (Lipinski definition) is 0.